The van der Waals surface area contributed by atoms with Crippen molar-refractivity contribution >= 4 is 11.8 Å². The minimum absolute atomic E-state index is 0.0537. The quantitative estimate of drug-likeness (QED) is 0.783. The van der Waals surface area contributed by atoms with Crippen LogP contribution in [-0.4, -0.2) is 77.3 Å². The molecule has 0 aliphatic carbocycles. The van der Waals surface area contributed by atoms with Gasteiger partial charge in [-0.25, -0.2) is 0 Å². The van der Waals surface area contributed by atoms with E-state index in [4.69, 9.17) is 0 Å². The lowest BCUT2D eigenvalue weighted by Gasteiger charge is -2.45. The number of hydrogen-bond donors (Lipinski definition) is 0. The molecular formula is C16H22N4O2. The fraction of sp³-hybridized carbons (Fsp3) is 0.562. The highest BCUT2D eigenvalue weighted by Gasteiger charge is 2.40. The van der Waals surface area contributed by atoms with Gasteiger partial charge in [0, 0.05) is 51.0 Å². The van der Waals surface area contributed by atoms with E-state index in [2.05, 4.69) is 9.88 Å². The van der Waals surface area contributed by atoms with Gasteiger partial charge in [-0.05, 0) is 19.1 Å². The van der Waals surface area contributed by atoms with E-state index in [0.29, 0.717) is 13.1 Å². The van der Waals surface area contributed by atoms with E-state index in [-0.39, 0.29) is 24.4 Å². The second-order valence-corrected chi connectivity index (χ2v) is 6.12. The van der Waals surface area contributed by atoms with E-state index in [1.54, 1.807) is 11.9 Å². The van der Waals surface area contributed by atoms with Crippen LogP contribution in [0.4, 0.5) is 0 Å². The first-order valence-electron chi connectivity index (χ1n) is 7.74. The SMILES string of the molecule is Cc1cccc(CCN2CCN3C(=O)CN(C)C(=O)C3C2)n1. The topological polar surface area (TPSA) is 56.8 Å². The highest BCUT2D eigenvalue weighted by molar-refractivity contribution is 5.95. The van der Waals surface area contributed by atoms with E-state index in [1.807, 2.05) is 25.1 Å². The number of likely N-dealkylation sites (N-methyl/N-ethyl adjacent to an activating group) is 1. The zero-order chi connectivity index (χ0) is 15.7. The molecule has 0 radical (unpaired) electrons. The molecule has 2 saturated heterocycles. The summed E-state index contributed by atoms with van der Waals surface area (Å²) in [5.74, 6) is 0.116. The van der Waals surface area contributed by atoms with Crippen molar-refractivity contribution in [2.45, 2.75) is 19.4 Å². The third kappa shape index (κ3) is 2.97. The first kappa shape index (κ1) is 15.0. The van der Waals surface area contributed by atoms with Crippen LogP contribution in [0.25, 0.3) is 0 Å². The predicted molar refractivity (Wildman–Crippen MR) is 82.3 cm³/mol. The number of aromatic nitrogens is 1. The lowest BCUT2D eigenvalue weighted by atomic mass is 10.1. The van der Waals surface area contributed by atoms with Crippen LogP contribution in [0.3, 0.4) is 0 Å². The number of carbonyl (C=O) groups is 2. The molecule has 1 unspecified atom stereocenters. The maximum absolute atomic E-state index is 12.3. The molecule has 3 rings (SSSR count). The zero-order valence-corrected chi connectivity index (χ0v) is 13.2. The van der Waals surface area contributed by atoms with Crippen molar-refractivity contribution in [1.82, 2.24) is 19.7 Å². The Bertz CT molecular complexity index is 589. The number of fused-ring (bicyclic) bond motifs is 1. The summed E-state index contributed by atoms with van der Waals surface area (Å²) >= 11 is 0. The normalized spacial score (nSPS) is 22.9. The van der Waals surface area contributed by atoms with Crippen molar-refractivity contribution in [2.24, 2.45) is 0 Å². The van der Waals surface area contributed by atoms with Gasteiger partial charge < -0.3 is 9.80 Å². The van der Waals surface area contributed by atoms with Crippen LogP contribution < -0.4 is 0 Å². The Hall–Kier alpha value is -1.95. The Kier molecular flexibility index (Phi) is 4.11. The van der Waals surface area contributed by atoms with Crippen LogP contribution in [0.5, 0.6) is 0 Å². The van der Waals surface area contributed by atoms with Gasteiger partial charge in [-0.2, -0.15) is 0 Å². The van der Waals surface area contributed by atoms with Gasteiger partial charge >= 0.3 is 0 Å². The molecule has 22 heavy (non-hydrogen) atoms. The van der Waals surface area contributed by atoms with Gasteiger partial charge in [0.1, 0.15) is 6.04 Å². The number of amides is 2. The molecule has 1 atom stereocenters. The number of nitrogens with zero attached hydrogens (tertiary/aromatic N) is 4. The third-order valence-electron chi connectivity index (χ3n) is 4.45. The van der Waals surface area contributed by atoms with Crippen LogP contribution >= 0.6 is 0 Å². The molecule has 1 aromatic heterocycles. The lowest BCUT2D eigenvalue weighted by molar-refractivity contribution is -0.158. The Morgan fingerprint density at radius 1 is 1.27 bits per heavy atom. The molecule has 0 saturated carbocycles. The molecule has 2 aliphatic heterocycles. The standard InChI is InChI=1S/C16H22N4O2/c1-12-4-3-5-13(17-12)6-7-19-8-9-20-14(10-19)16(22)18(2)11-15(20)21/h3-5,14H,6-11H2,1-2H3. The van der Waals surface area contributed by atoms with Gasteiger partial charge in [0.05, 0.1) is 6.54 Å². The average molecular weight is 302 g/mol. The van der Waals surface area contributed by atoms with Crippen molar-refractivity contribution in [2.75, 3.05) is 39.8 Å². The van der Waals surface area contributed by atoms with Gasteiger partial charge in [0.25, 0.3) is 0 Å². The highest BCUT2D eigenvalue weighted by Crippen LogP contribution is 2.17. The van der Waals surface area contributed by atoms with Gasteiger partial charge in [-0.3, -0.25) is 19.5 Å². The van der Waals surface area contributed by atoms with Gasteiger partial charge in [-0.1, -0.05) is 6.07 Å². The smallest absolute Gasteiger partial charge is 0.246 e. The summed E-state index contributed by atoms with van der Waals surface area (Å²) in [5.41, 5.74) is 2.10. The first-order valence-corrected chi connectivity index (χ1v) is 7.74. The monoisotopic (exact) mass is 302 g/mol. The molecular weight excluding hydrogens is 280 g/mol. The molecule has 0 aromatic carbocycles. The summed E-state index contributed by atoms with van der Waals surface area (Å²) in [7, 11) is 1.70. The Balaban J connectivity index is 1.61. The molecule has 0 bridgehead atoms. The van der Waals surface area contributed by atoms with Crippen LogP contribution in [0.1, 0.15) is 11.4 Å². The Morgan fingerprint density at radius 2 is 2.09 bits per heavy atom. The van der Waals surface area contributed by atoms with E-state index in [0.717, 1.165) is 30.9 Å². The van der Waals surface area contributed by atoms with Crippen molar-refractivity contribution in [3.8, 4) is 0 Å². The largest absolute Gasteiger partial charge is 0.335 e. The second-order valence-electron chi connectivity index (χ2n) is 6.12. The van der Waals surface area contributed by atoms with E-state index >= 15 is 0 Å². The van der Waals surface area contributed by atoms with Crippen molar-refractivity contribution < 1.29 is 9.59 Å². The molecule has 0 N–H and O–H groups in total. The second kappa shape index (κ2) is 6.04. The molecule has 118 valence electrons. The number of hydrogen-bond acceptors (Lipinski definition) is 4. The third-order valence-corrected chi connectivity index (χ3v) is 4.45. The molecule has 2 aliphatic rings. The summed E-state index contributed by atoms with van der Waals surface area (Å²) in [5, 5.41) is 0. The van der Waals surface area contributed by atoms with Gasteiger partial charge in [0.15, 0.2) is 0 Å². The molecule has 0 spiro atoms. The molecule has 3 heterocycles. The van der Waals surface area contributed by atoms with Crippen LogP contribution in [0.15, 0.2) is 18.2 Å². The Labute approximate surface area is 130 Å². The molecule has 2 fully saturated rings. The lowest BCUT2D eigenvalue weighted by Crippen LogP contribution is -2.66. The fourth-order valence-corrected chi connectivity index (χ4v) is 3.19. The maximum atomic E-state index is 12.3. The predicted octanol–water partition coefficient (Wildman–Crippen LogP) is -0.0827. The number of aryl methyl sites for hydroxylation is 1. The van der Waals surface area contributed by atoms with E-state index in [9.17, 15) is 9.59 Å². The summed E-state index contributed by atoms with van der Waals surface area (Å²) < 4.78 is 0. The summed E-state index contributed by atoms with van der Waals surface area (Å²) in [6.07, 6.45) is 0.867. The van der Waals surface area contributed by atoms with Crippen LogP contribution in [0, 0.1) is 6.92 Å². The highest BCUT2D eigenvalue weighted by atomic mass is 16.2. The Morgan fingerprint density at radius 3 is 2.86 bits per heavy atom. The summed E-state index contributed by atoms with van der Waals surface area (Å²) in [6.45, 7) is 5.16. The van der Waals surface area contributed by atoms with Gasteiger partial charge in [-0.15, -0.1) is 0 Å². The number of carbonyl (C=O) groups excluding carboxylic acids is 2. The number of piperazine rings is 2. The van der Waals surface area contributed by atoms with Crippen LogP contribution in [0.2, 0.25) is 0 Å². The van der Waals surface area contributed by atoms with E-state index < -0.39 is 0 Å². The zero-order valence-electron chi connectivity index (χ0n) is 13.2. The van der Waals surface area contributed by atoms with E-state index in [1.165, 1.54) is 4.90 Å². The minimum Gasteiger partial charge on any atom is -0.335 e. The minimum atomic E-state index is -0.314. The average Bonchev–Trinajstić information content (AvgIpc) is 2.50. The summed E-state index contributed by atoms with van der Waals surface area (Å²) in [6, 6.07) is 5.73. The molecule has 1 aromatic rings. The maximum Gasteiger partial charge on any atom is 0.246 e. The van der Waals surface area contributed by atoms with Crippen molar-refractivity contribution in [1.29, 1.82) is 0 Å². The number of rotatable bonds is 3. The molecule has 2 amide bonds. The molecule has 6 heteroatoms. The first-order chi connectivity index (χ1) is 10.5. The number of pyridine rings is 1. The molecule has 6 nitrogen and oxygen atoms in total. The van der Waals surface area contributed by atoms with Crippen LogP contribution in [-0.2, 0) is 16.0 Å². The van der Waals surface area contributed by atoms with Crippen molar-refractivity contribution in [3.05, 3.63) is 29.6 Å². The fourth-order valence-electron chi connectivity index (χ4n) is 3.19. The summed E-state index contributed by atoms with van der Waals surface area (Å²) in [4.78, 5) is 34.3. The van der Waals surface area contributed by atoms with Gasteiger partial charge in [0.2, 0.25) is 11.8 Å². The van der Waals surface area contributed by atoms with Crippen molar-refractivity contribution in [3.63, 3.8) is 0 Å².